The van der Waals surface area contributed by atoms with Gasteiger partial charge in [0.15, 0.2) is 4.87 Å². The monoisotopic (exact) mass is 463 g/mol. The van der Waals surface area contributed by atoms with Gasteiger partial charge < -0.3 is 10.2 Å². The van der Waals surface area contributed by atoms with Crippen LogP contribution in [0.5, 0.6) is 0 Å². The maximum absolute atomic E-state index is 14.0. The lowest BCUT2D eigenvalue weighted by molar-refractivity contribution is -0.123. The number of anilines is 2. The number of rotatable bonds is 3. The van der Waals surface area contributed by atoms with Crippen LogP contribution in [-0.4, -0.2) is 29.1 Å². The first-order chi connectivity index (χ1) is 15.5. The molecule has 1 spiro atoms. The van der Waals surface area contributed by atoms with Crippen molar-refractivity contribution in [3.8, 4) is 0 Å². The number of aryl methyl sites for hydroxylation is 1. The van der Waals surface area contributed by atoms with Gasteiger partial charge in [0.25, 0.3) is 5.91 Å². The SMILES string of the molecule is Cc1ccccc1CN1C(=O)[C@@]2(SCCN2C(=O)Nc2ccc(Cl)cc2)c2ccccc21. The number of nitrogens with one attached hydrogen (secondary N) is 1. The topological polar surface area (TPSA) is 52.7 Å². The molecule has 0 saturated carbocycles. The molecule has 1 saturated heterocycles. The lowest BCUT2D eigenvalue weighted by atomic mass is 10.1. The maximum Gasteiger partial charge on any atom is 0.323 e. The van der Waals surface area contributed by atoms with Crippen molar-refractivity contribution in [1.82, 2.24) is 4.90 Å². The molecule has 2 aliphatic rings. The highest BCUT2D eigenvalue weighted by Crippen LogP contribution is 2.54. The number of hydrogen-bond acceptors (Lipinski definition) is 3. The molecule has 3 aromatic carbocycles. The quantitative estimate of drug-likeness (QED) is 0.547. The highest BCUT2D eigenvalue weighted by atomic mass is 35.5. The Morgan fingerprint density at radius 3 is 2.56 bits per heavy atom. The first-order valence-electron chi connectivity index (χ1n) is 10.4. The average Bonchev–Trinajstić information content (AvgIpc) is 3.34. The summed E-state index contributed by atoms with van der Waals surface area (Å²) in [4.78, 5) is 29.7. The van der Waals surface area contributed by atoms with Crippen molar-refractivity contribution in [2.45, 2.75) is 18.3 Å². The number of amides is 3. The van der Waals surface area contributed by atoms with Crippen LogP contribution in [0, 0.1) is 6.92 Å². The van der Waals surface area contributed by atoms with E-state index in [2.05, 4.69) is 5.32 Å². The summed E-state index contributed by atoms with van der Waals surface area (Å²) in [6.07, 6.45) is 0. The highest BCUT2D eigenvalue weighted by molar-refractivity contribution is 8.01. The smallest absolute Gasteiger partial charge is 0.308 e. The van der Waals surface area contributed by atoms with E-state index in [1.54, 1.807) is 29.2 Å². The van der Waals surface area contributed by atoms with E-state index in [1.807, 2.05) is 60.4 Å². The minimum atomic E-state index is -1.06. The van der Waals surface area contributed by atoms with E-state index < -0.39 is 4.87 Å². The van der Waals surface area contributed by atoms with E-state index in [9.17, 15) is 9.59 Å². The zero-order valence-corrected chi connectivity index (χ0v) is 19.1. The van der Waals surface area contributed by atoms with E-state index in [-0.39, 0.29) is 11.9 Å². The van der Waals surface area contributed by atoms with Gasteiger partial charge >= 0.3 is 6.03 Å². The molecular formula is C25H22ClN3O2S. The molecule has 3 aromatic rings. The van der Waals surface area contributed by atoms with Crippen LogP contribution >= 0.6 is 23.4 Å². The van der Waals surface area contributed by atoms with Crippen molar-refractivity contribution >= 4 is 46.7 Å². The molecule has 0 bridgehead atoms. The predicted octanol–water partition coefficient (Wildman–Crippen LogP) is 5.63. The number of nitrogens with zero attached hydrogens (tertiary/aromatic N) is 2. The van der Waals surface area contributed by atoms with Crippen LogP contribution in [0.4, 0.5) is 16.2 Å². The standard InChI is InChI=1S/C25H22ClN3O2S/c1-17-6-2-3-7-18(17)16-28-22-9-5-4-8-21(22)25(23(28)30)29(14-15-32-25)24(31)27-20-12-10-19(26)11-13-20/h2-13H,14-16H2,1H3,(H,27,31)/t25-/m0/s1. The van der Waals surface area contributed by atoms with Gasteiger partial charge in [-0.2, -0.15) is 0 Å². The third-order valence-electron chi connectivity index (χ3n) is 6.03. The minimum Gasteiger partial charge on any atom is -0.308 e. The van der Waals surface area contributed by atoms with Gasteiger partial charge in [0.2, 0.25) is 0 Å². The lowest BCUT2D eigenvalue weighted by Gasteiger charge is -2.33. The van der Waals surface area contributed by atoms with Crippen LogP contribution in [0.1, 0.15) is 16.7 Å². The molecule has 1 N–H and O–H groups in total. The molecule has 1 atom stereocenters. The molecular weight excluding hydrogens is 442 g/mol. The van der Waals surface area contributed by atoms with Gasteiger partial charge in [-0.15, -0.1) is 11.8 Å². The highest BCUT2D eigenvalue weighted by Gasteiger charge is 2.59. The Bertz CT molecular complexity index is 1200. The van der Waals surface area contributed by atoms with Crippen LogP contribution in [0.25, 0.3) is 0 Å². The van der Waals surface area contributed by atoms with Crippen molar-refractivity contribution in [2.75, 3.05) is 22.5 Å². The predicted molar refractivity (Wildman–Crippen MR) is 130 cm³/mol. The largest absolute Gasteiger partial charge is 0.323 e. The van der Waals surface area contributed by atoms with E-state index in [4.69, 9.17) is 11.6 Å². The number of thioether (sulfide) groups is 1. The molecule has 2 aliphatic heterocycles. The van der Waals surface area contributed by atoms with Gasteiger partial charge in [-0.25, -0.2) is 4.79 Å². The number of urea groups is 1. The summed E-state index contributed by atoms with van der Waals surface area (Å²) < 4.78 is 0. The van der Waals surface area contributed by atoms with E-state index in [0.717, 1.165) is 22.4 Å². The summed E-state index contributed by atoms with van der Waals surface area (Å²) >= 11 is 7.49. The third kappa shape index (κ3) is 3.34. The molecule has 1 fully saturated rings. The fraction of sp³-hybridized carbons (Fsp3) is 0.200. The first-order valence-corrected chi connectivity index (χ1v) is 11.8. The molecule has 0 aromatic heterocycles. The average molecular weight is 464 g/mol. The van der Waals surface area contributed by atoms with Crippen molar-refractivity contribution in [1.29, 1.82) is 0 Å². The number of fused-ring (bicyclic) bond motifs is 2. The minimum absolute atomic E-state index is 0.0734. The zero-order valence-electron chi connectivity index (χ0n) is 17.5. The Balaban J connectivity index is 1.51. The third-order valence-corrected chi connectivity index (χ3v) is 7.70. The van der Waals surface area contributed by atoms with Crippen molar-refractivity contribution in [3.05, 3.63) is 94.5 Å². The Kier molecular flexibility index (Phi) is 5.35. The number of carbonyl (C=O) groups is 2. The maximum atomic E-state index is 14.0. The van der Waals surface area contributed by atoms with Gasteiger partial charge in [-0.3, -0.25) is 9.69 Å². The molecule has 162 valence electrons. The molecule has 0 aliphatic carbocycles. The second kappa shape index (κ2) is 8.19. The fourth-order valence-electron chi connectivity index (χ4n) is 4.41. The summed E-state index contributed by atoms with van der Waals surface area (Å²) in [5, 5.41) is 3.53. The number of hydrogen-bond donors (Lipinski definition) is 1. The molecule has 5 nitrogen and oxygen atoms in total. The van der Waals surface area contributed by atoms with Crippen LogP contribution < -0.4 is 10.2 Å². The van der Waals surface area contributed by atoms with Crippen LogP contribution in [-0.2, 0) is 16.2 Å². The summed E-state index contributed by atoms with van der Waals surface area (Å²) in [5.74, 6) is 0.613. The van der Waals surface area contributed by atoms with E-state index in [1.165, 1.54) is 11.8 Å². The molecule has 32 heavy (non-hydrogen) atoms. The van der Waals surface area contributed by atoms with Crippen LogP contribution in [0.3, 0.4) is 0 Å². The Morgan fingerprint density at radius 1 is 1.06 bits per heavy atom. The molecule has 0 radical (unpaired) electrons. The normalized spacial score (nSPS) is 19.5. The fourth-order valence-corrected chi connectivity index (χ4v) is 5.99. The molecule has 5 rings (SSSR count). The van der Waals surface area contributed by atoms with E-state index >= 15 is 0 Å². The number of benzene rings is 3. The number of para-hydroxylation sites is 1. The molecule has 0 unspecified atom stereocenters. The Labute approximate surface area is 196 Å². The summed E-state index contributed by atoms with van der Waals surface area (Å²) in [5.41, 5.74) is 4.59. The van der Waals surface area contributed by atoms with Crippen molar-refractivity contribution in [2.24, 2.45) is 0 Å². The zero-order chi connectivity index (χ0) is 22.3. The molecule has 7 heteroatoms. The molecule has 3 amide bonds. The van der Waals surface area contributed by atoms with Gasteiger partial charge in [-0.05, 0) is 48.4 Å². The second-order valence-electron chi connectivity index (χ2n) is 7.92. The van der Waals surface area contributed by atoms with Crippen LogP contribution in [0.2, 0.25) is 5.02 Å². The number of halogens is 1. The van der Waals surface area contributed by atoms with Gasteiger partial charge in [0, 0.05) is 28.6 Å². The number of carbonyl (C=O) groups excluding carboxylic acids is 2. The lowest BCUT2D eigenvalue weighted by Crippen LogP contribution is -2.51. The van der Waals surface area contributed by atoms with E-state index in [0.29, 0.717) is 29.6 Å². The summed E-state index contributed by atoms with van der Waals surface area (Å²) in [6, 6.07) is 22.5. The molecule has 2 heterocycles. The Morgan fingerprint density at radius 2 is 1.78 bits per heavy atom. The van der Waals surface area contributed by atoms with Crippen LogP contribution in [0.15, 0.2) is 72.8 Å². The summed E-state index contributed by atoms with van der Waals surface area (Å²) in [7, 11) is 0. The first kappa shape index (κ1) is 20.9. The van der Waals surface area contributed by atoms with Crippen molar-refractivity contribution in [3.63, 3.8) is 0 Å². The van der Waals surface area contributed by atoms with Gasteiger partial charge in [0.1, 0.15) is 0 Å². The Hall–Kier alpha value is -2.96. The second-order valence-corrected chi connectivity index (χ2v) is 9.64. The van der Waals surface area contributed by atoms with Gasteiger partial charge in [0.05, 0.1) is 12.2 Å². The van der Waals surface area contributed by atoms with Gasteiger partial charge in [-0.1, -0.05) is 54.1 Å². The summed E-state index contributed by atoms with van der Waals surface area (Å²) in [6.45, 7) is 3.01. The van der Waals surface area contributed by atoms with Crippen molar-refractivity contribution < 1.29 is 9.59 Å².